The topological polar surface area (TPSA) is 55.5 Å². The molecular weight excluding hydrogens is 190 g/mol. The van der Waals surface area contributed by atoms with Gasteiger partial charge in [0.2, 0.25) is 0 Å². The minimum absolute atomic E-state index is 0.0854. The first-order chi connectivity index (χ1) is 7.18. The first kappa shape index (κ1) is 10.6. The van der Waals surface area contributed by atoms with E-state index in [1.54, 1.807) is 0 Å². The van der Waals surface area contributed by atoms with E-state index in [0.717, 1.165) is 5.56 Å². The van der Waals surface area contributed by atoms with Crippen LogP contribution in [0.5, 0.6) is 0 Å². The van der Waals surface area contributed by atoms with E-state index in [4.69, 9.17) is 10.5 Å². The molecule has 1 aromatic carbocycles. The van der Waals surface area contributed by atoms with Crippen molar-refractivity contribution < 1.29 is 9.84 Å². The van der Waals surface area contributed by atoms with Crippen molar-refractivity contribution in [1.29, 1.82) is 0 Å². The summed E-state index contributed by atoms with van der Waals surface area (Å²) in [6, 6.07) is 7.99. The van der Waals surface area contributed by atoms with Crippen molar-refractivity contribution in [3.63, 3.8) is 0 Å². The lowest BCUT2D eigenvalue weighted by atomic mass is 9.76. The molecule has 1 fully saturated rings. The van der Waals surface area contributed by atoms with E-state index >= 15 is 0 Å². The van der Waals surface area contributed by atoms with E-state index in [1.165, 1.54) is 5.56 Å². The number of hydrogen-bond donors (Lipinski definition) is 2. The summed E-state index contributed by atoms with van der Waals surface area (Å²) in [5, 5.41) is 9.36. The Morgan fingerprint density at radius 2 is 2.00 bits per heavy atom. The van der Waals surface area contributed by atoms with Crippen LogP contribution in [0.4, 0.5) is 0 Å². The molecule has 0 aliphatic carbocycles. The number of hydrogen-bond acceptors (Lipinski definition) is 3. The molecule has 3 N–H and O–H groups in total. The molecule has 2 rings (SSSR count). The molecule has 1 aliphatic heterocycles. The van der Waals surface area contributed by atoms with Gasteiger partial charge in [-0.3, -0.25) is 0 Å². The minimum atomic E-state index is -0.269. The molecule has 1 saturated heterocycles. The van der Waals surface area contributed by atoms with E-state index < -0.39 is 0 Å². The fraction of sp³-hybridized carbons (Fsp3) is 0.500. The predicted octanol–water partition coefficient (Wildman–Crippen LogP) is 1.00. The Morgan fingerprint density at radius 1 is 1.40 bits per heavy atom. The van der Waals surface area contributed by atoms with Gasteiger partial charge in [0.15, 0.2) is 0 Å². The fourth-order valence-electron chi connectivity index (χ4n) is 1.86. The van der Waals surface area contributed by atoms with Crippen LogP contribution in [0.3, 0.4) is 0 Å². The first-order valence-electron chi connectivity index (χ1n) is 5.19. The van der Waals surface area contributed by atoms with Crippen LogP contribution in [0.15, 0.2) is 24.3 Å². The van der Waals surface area contributed by atoms with Crippen LogP contribution in [0.2, 0.25) is 0 Å². The third-order valence-corrected chi connectivity index (χ3v) is 3.19. The zero-order valence-corrected chi connectivity index (χ0v) is 8.94. The smallest absolute Gasteiger partial charge is 0.0594 e. The maximum atomic E-state index is 9.36. The molecular formula is C12H17NO2. The van der Waals surface area contributed by atoms with Crippen molar-refractivity contribution in [2.45, 2.75) is 13.0 Å². The molecule has 3 heteroatoms. The lowest BCUT2D eigenvalue weighted by Gasteiger charge is -2.44. The monoisotopic (exact) mass is 207 g/mol. The second-order valence-electron chi connectivity index (χ2n) is 4.40. The fourth-order valence-corrected chi connectivity index (χ4v) is 1.86. The molecule has 15 heavy (non-hydrogen) atoms. The van der Waals surface area contributed by atoms with Crippen molar-refractivity contribution in [3.8, 4) is 0 Å². The van der Waals surface area contributed by atoms with E-state index in [1.807, 2.05) is 31.2 Å². The first-order valence-corrected chi connectivity index (χ1v) is 5.19. The second kappa shape index (κ2) is 3.93. The maximum absolute atomic E-state index is 9.36. The summed E-state index contributed by atoms with van der Waals surface area (Å²) in [5.74, 6) is 0. The van der Waals surface area contributed by atoms with Crippen LogP contribution in [0.25, 0.3) is 0 Å². The Hall–Kier alpha value is -0.900. The van der Waals surface area contributed by atoms with E-state index in [2.05, 4.69) is 0 Å². The molecule has 1 atom stereocenters. The molecule has 82 valence electrons. The lowest BCUT2D eigenvalue weighted by Crippen LogP contribution is -2.52. The third kappa shape index (κ3) is 1.78. The molecule has 1 heterocycles. The average molecular weight is 207 g/mol. The van der Waals surface area contributed by atoms with Gasteiger partial charge in [-0.25, -0.2) is 0 Å². The number of rotatable bonds is 3. The normalized spacial score (nSPS) is 20.7. The molecule has 1 aliphatic rings. The Bertz CT molecular complexity index is 324. The van der Waals surface area contributed by atoms with E-state index in [9.17, 15) is 5.11 Å². The second-order valence-corrected chi connectivity index (χ2v) is 4.40. The van der Waals surface area contributed by atoms with Gasteiger partial charge in [-0.1, -0.05) is 29.8 Å². The number of aliphatic hydroxyl groups is 1. The van der Waals surface area contributed by atoms with Gasteiger partial charge >= 0.3 is 0 Å². The standard InChI is InChI=1S/C12H17NO2/c1-9-2-4-10(5-3-9)11(13)12(6-14)7-15-8-12/h2-5,11,14H,6-8,13H2,1H3. The maximum Gasteiger partial charge on any atom is 0.0594 e. The minimum Gasteiger partial charge on any atom is -0.396 e. The molecule has 0 saturated carbocycles. The highest BCUT2D eigenvalue weighted by molar-refractivity contribution is 5.26. The number of nitrogens with two attached hydrogens (primary N) is 1. The highest BCUT2D eigenvalue weighted by Gasteiger charge is 2.44. The number of ether oxygens (including phenoxy) is 1. The number of benzene rings is 1. The highest BCUT2D eigenvalue weighted by atomic mass is 16.5. The van der Waals surface area contributed by atoms with Crippen LogP contribution in [-0.2, 0) is 4.74 Å². The molecule has 0 bridgehead atoms. The molecule has 1 unspecified atom stereocenters. The van der Waals surface area contributed by atoms with Gasteiger partial charge in [-0.05, 0) is 12.5 Å². The zero-order valence-electron chi connectivity index (χ0n) is 8.94. The van der Waals surface area contributed by atoms with Gasteiger partial charge in [-0.2, -0.15) is 0 Å². The summed E-state index contributed by atoms with van der Waals surface area (Å²) < 4.78 is 5.16. The zero-order chi connectivity index (χ0) is 10.9. The quantitative estimate of drug-likeness (QED) is 0.777. The van der Waals surface area contributed by atoms with Crippen molar-refractivity contribution in [2.75, 3.05) is 19.8 Å². The van der Waals surface area contributed by atoms with E-state index in [-0.39, 0.29) is 18.1 Å². The molecule has 3 nitrogen and oxygen atoms in total. The SMILES string of the molecule is Cc1ccc(C(N)C2(CO)COC2)cc1. The van der Waals surface area contributed by atoms with Crippen molar-refractivity contribution in [1.82, 2.24) is 0 Å². The molecule has 0 radical (unpaired) electrons. The van der Waals surface area contributed by atoms with Crippen molar-refractivity contribution in [3.05, 3.63) is 35.4 Å². The summed E-state index contributed by atoms with van der Waals surface area (Å²) in [6.07, 6.45) is 0. The molecule has 1 aromatic rings. The Morgan fingerprint density at radius 3 is 2.40 bits per heavy atom. The van der Waals surface area contributed by atoms with Crippen molar-refractivity contribution >= 4 is 0 Å². The van der Waals surface area contributed by atoms with Crippen LogP contribution in [-0.4, -0.2) is 24.9 Å². The predicted molar refractivity (Wildman–Crippen MR) is 58.4 cm³/mol. The summed E-state index contributed by atoms with van der Waals surface area (Å²) >= 11 is 0. The van der Waals surface area contributed by atoms with Crippen LogP contribution >= 0.6 is 0 Å². The molecule has 0 aromatic heterocycles. The Labute approximate surface area is 89.9 Å². The number of aryl methyl sites for hydroxylation is 1. The molecule has 0 amide bonds. The summed E-state index contributed by atoms with van der Waals surface area (Å²) in [6.45, 7) is 3.24. The van der Waals surface area contributed by atoms with Gasteiger partial charge in [0.05, 0.1) is 25.2 Å². The van der Waals surface area contributed by atoms with Crippen LogP contribution in [0, 0.1) is 12.3 Å². The Kier molecular flexibility index (Phi) is 2.78. The summed E-state index contributed by atoms with van der Waals surface area (Å²) in [5.41, 5.74) is 8.17. The average Bonchev–Trinajstić information content (AvgIpc) is 2.18. The largest absolute Gasteiger partial charge is 0.396 e. The van der Waals surface area contributed by atoms with Crippen molar-refractivity contribution in [2.24, 2.45) is 11.1 Å². The van der Waals surface area contributed by atoms with Gasteiger partial charge in [0.1, 0.15) is 0 Å². The van der Waals surface area contributed by atoms with Gasteiger partial charge in [0, 0.05) is 6.04 Å². The van der Waals surface area contributed by atoms with Gasteiger partial charge < -0.3 is 15.6 Å². The lowest BCUT2D eigenvalue weighted by molar-refractivity contribution is -0.150. The summed E-state index contributed by atoms with van der Waals surface area (Å²) in [7, 11) is 0. The molecule has 0 spiro atoms. The van der Waals surface area contributed by atoms with Gasteiger partial charge in [-0.15, -0.1) is 0 Å². The van der Waals surface area contributed by atoms with E-state index in [0.29, 0.717) is 13.2 Å². The number of aliphatic hydroxyl groups excluding tert-OH is 1. The summed E-state index contributed by atoms with van der Waals surface area (Å²) in [4.78, 5) is 0. The van der Waals surface area contributed by atoms with Crippen LogP contribution < -0.4 is 5.73 Å². The highest BCUT2D eigenvalue weighted by Crippen LogP contribution is 2.38. The third-order valence-electron chi connectivity index (χ3n) is 3.19. The van der Waals surface area contributed by atoms with Gasteiger partial charge in [0.25, 0.3) is 0 Å². The Balaban J connectivity index is 2.19. The van der Waals surface area contributed by atoms with Crippen LogP contribution in [0.1, 0.15) is 17.2 Å².